The van der Waals surface area contributed by atoms with Gasteiger partial charge in [-0.3, -0.25) is 30.3 Å². The van der Waals surface area contributed by atoms with Crippen LogP contribution >= 0.6 is 0 Å². The first-order valence-corrected chi connectivity index (χ1v) is 8.43. The van der Waals surface area contributed by atoms with E-state index in [1.165, 1.54) is 0 Å². The fraction of sp³-hybridized carbons (Fsp3) is 0.235. The van der Waals surface area contributed by atoms with Gasteiger partial charge >= 0.3 is 17.3 Å². The van der Waals surface area contributed by atoms with E-state index in [0.717, 1.165) is 6.42 Å². The van der Waals surface area contributed by atoms with Crippen LogP contribution < -0.4 is 10.6 Å². The van der Waals surface area contributed by atoms with Crippen LogP contribution in [0, 0.1) is 30.3 Å². The van der Waals surface area contributed by atoms with E-state index in [0.29, 0.717) is 24.1 Å². The van der Waals surface area contributed by atoms with Crippen LogP contribution in [0.5, 0.6) is 5.75 Å². The number of benzene rings is 2. The van der Waals surface area contributed by atoms with Gasteiger partial charge in [0.1, 0.15) is 0 Å². The number of nitro groups is 3. The molecule has 0 unspecified atom stereocenters. The van der Waals surface area contributed by atoms with Crippen molar-refractivity contribution in [3.63, 3.8) is 0 Å². The van der Waals surface area contributed by atoms with Crippen LogP contribution in [0.15, 0.2) is 42.5 Å². The number of nitro benzene ring substituents is 3. The van der Waals surface area contributed by atoms with Gasteiger partial charge in [-0.25, -0.2) is 4.79 Å². The van der Waals surface area contributed by atoms with Crippen molar-refractivity contribution in [3.8, 4) is 5.75 Å². The molecule has 0 atom stereocenters. The van der Waals surface area contributed by atoms with Crippen molar-refractivity contribution in [2.24, 2.45) is 5.90 Å². The molecule has 2 aromatic rings. The second kappa shape index (κ2) is 11.7. The summed E-state index contributed by atoms with van der Waals surface area (Å²) in [6.45, 7) is 1.90. The lowest BCUT2D eigenvalue weighted by molar-refractivity contribution is -0.404. The van der Waals surface area contributed by atoms with E-state index in [9.17, 15) is 35.1 Å². The molecule has 160 valence electrons. The van der Waals surface area contributed by atoms with Gasteiger partial charge < -0.3 is 9.57 Å². The number of unbranched alkanes of at least 4 members (excludes halogenated alkanes) is 1. The number of ether oxygens (including phenoxy) is 1. The summed E-state index contributed by atoms with van der Waals surface area (Å²) < 4.78 is 5.06. The molecule has 0 heterocycles. The van der Waals surface area contributed by atoms with Crippen LogP contribution in [0.4, 0.5) is 17.1 Å². The van der Waals surface area contributed by atoms with E-state index < -0.39 is 43.6 Å². The van der Waals surface area contributed by atoms with E-state index >= 15 is 0 Å². The number of carbonyl (C=O) groups is 1. The summed E-state index contributed by atoms with van der Waals surface area (Å²) in [7, 11) is 0. The molecule has 2 aromatic carbocycles. The Bertz CT molecular complexity index is 884. The molecule has 2 N–H and O–H groups in total. The number of non-ortho nitro benzene ring substituents is 1. The molecule has 0 fully saturated rings. The second-order valence-corrected chi connectivity index (χ2v) is 5.56. The molecular formula is C17H18N4O9. The lowest BCUT2D eigenvalue weighted by atomic mass is 10.2. The van der Waals surface area contributed by atoms with Crippen molar-refractivity contribution in [1.29, 1.82) is 0 Å². The molecule has 0 aromatic heterocycles. The number of hydrogen-bond acceptors (Lipinski definition) is 10. The molecule has 0 radical (unpaired) electrons. The van der Waals surface area contributed by atoms with E-state index in [1.54, 1.807) is 24.3 Å². The molecule has 0 amide bonds. The van der Waals surface area contributed by atoms with Gasteiger partial charge in [0.2, 0.25) is 0 Å². The summed E-state index contributed by atoms with van der Waals surface area (Å²) in [4.78, 5) is 44.3. The Kier molecular flexibility index (Phi) is 9.29. The third-order valence-electron chi connectivity index (χ3n) is 3.50. The molecule has 0 spiro atoms. The fourth-order valence-corrected chi connectivity index (χ4v) is 2.07. The number of nitrogens with two attached hydrogens (primary N) is 1. The van der Waals surface area contributed by atoms with Gasteiger partial charge in [-0.1, -0.05) is 31.5 Å². The zero-order valence-electron chi connectivity index (χ0n) is 15.8. The lowest BCUT2D eigenvalue weighted by Gasteiger charge is -2.06. The van der Waals surface area contributed by atoms with Gasteiger partial charge in [0.05, 0.1) is 39.1 Å². The molecule has 0 aliphatic rings. The monoisotopic (exact) mass is 422 g/mol. The zero-order chi connectivity index (χ0) is 22.7. The van der Waals surface area contributed by atoms with Crippen LogP contribution in [0.3, 0.4) is 0 Å². The van der Waals surface area contributed by atoms with Gasteiger partial charge in [-0.15, -0.1) is 0 Å². The normalized spacial score (nSPS) is 9.67. The highest BCUT2D eigenvalue weighted by Gasteiger charge is 2.32. The third kappa shape index (κ3) is 6.79. The van der Waals surface area contributed by atoms with Gasteiger partial charge in [0, 0.05) is 0 Å². The minimum Gasteiger partial charge on any atom is -0.482 e. The van der Waals surface area contributed by atoms with Gasteiger partial charge in [-0.2, -0.15) is 5.90 Å². The highest BCUT2D eigenvalue weighted by molar-refractivity contribution is 5.88. The second-order valence-electron chi connectivity index (χ2n) is 5.56. The fourth-order valence-electron chi connectivity index (χ4n) is 2.07. The maximum absolute atomic E-state index is 10.9. The Morgan fingerprint density at radius 1 is 0.967 bits per heavy atom. The highest BCUT2D eigenvalue weighted by Crippen LogP contribution is 2.40. The molecule has 0 aliphatic carbocycles. The molecule has 13 heteroatoms. The Morgan fingerprint density at radius 3 is 1.90 bits per heavy atom. The summed E-state index contributed by atoms with van der Waals surface area (Å²) in [5, 5.41) is 32.4. The topological polar surface area (TPSA) is 191 Å². The minimum atomic E-state index is -0.943. The number of nitrogens with zero attached hydrogens (tertiary/aromatic N) is 3. The SMILES string of the molecule is CCCCOc1c([N+](=O)[O-])cc([N+](=O)[O-])cc1[N+](=O)[O-].NOC(=O)c1ccccc1. The highest BCUT2D eigenvalue weighted by atomic mass is 16.7. The van der Waals surface area contributed by atoms with Crippen molar-refractivity contribution in [2.45, 2.75) is 19.8 Å². The van der Waals surface area contributed by atoms with E-state index in [2.05, 4.69) is 10.7 Å². The molecule has 13 nitrogen and oxygen atoms in total. The van der Waals surface area contributed by atoms with Crippen molar-refractivity contribution < 1.29 is 29.1 Å². The first-order valence-electron chi connectivity index (χ1n) is 8.43. The molecule has 30 heavy (non-hydrogen) atoms. The van der Waals surface area contributed by atoms with Crippen LogP contribution in [-0.4, -0.2) is 27.3 Å². The Hall–Kier alpha value is -4.13. The third-order valence-corrected chi connectivity index (χ3v) is 3.50. The van der Waals surface area contributed by atoms with Crippen molar-refractivity contribution in [2.75, 3.05) is 6.61 Å². The predicted molar refractivity (Wildman–Crippen MR) is 103 cm³/mol. The van der Waals surface area contributed by atoms with Crippen molar-refractivity contribution >= 4 is 23.0 Å². The van der Waals surface area contributed by atoms with Crippen LogP contribution in [-0.2, 0) is 4.84 Å². The smallest absolute Gasteiger partial charge is 0.356 e. The molecule has 0 bridgehead atoms. The number of carbonyl (C=O) groups excluding carboxylic acids is 1. The Balaban J connectivity index is 0.000000375. The molecule has 0 saturated carbocycles. The summed E-state index contributed by atoms with van der Waals surface area (Å²) in [5.74, 6) is 3.58. The van der Waals surface area contributed by atoms with E-state index in [4.69, 9.17) is 4.74 Å². The average molecular weight is 422 g/mol. The first-order chi connectivity index (χ1) is 14.2. The van der Waals surface area contributed by atoms with Gasteiger partial charge in [0.15, 0.2) is 0 Å². The zero-order valence-corrected chi connectivity index (χ0v) is 15.8. The summed E-state index contributed by atoms with van der Waals surface area (Å²) in [5.41, 5.74) is -1.85. The maximum atomic E-state index is 10.9. The Morgan fingerprint density at radius 2 is 1.50 bits per heavy atom. The quantitative estimate of drug-likeness (QED) is 0.375. The Labute approximate surface area is 169 Å². The average Bonchev–Trinajstić information content (AvgIpc) is 2.73. The van der Waals surface area contributed by atoms with Gasteiger partial charge in [0.25, 0.3) is 11.4 Å². The summed E-state index contributed by atoms with van der Waals surface area (Å²) in [6, 6.07) is 9.86. The summed E-state index contributed by atoms with van der Waals surface area (Å²) >= 11 is 0. The van der Waals surface area contributed by atoms with Crippen LogP contribution in [0.2, 0.25) is 0 Å². The standard InChI is InChI=1S/C10H11N3O7.C7H7NO2/c1-2-3-4-20-10-8(12(16)17)5-7(11(14)15)6-9(10)13(18)19;8-10-7(9)6-4-2-1-3-5-6/h5-6H,2-4H2,1H3;1-5H,8H2. The van der Waals surface area contributed by atoms with Crippen LogP contribution in [0.1, 0.15) is 30.1 Å². The molecular weight excluding hydrogens is 404 g/mol. The van der Waals surface area contributed by atoms with E-state index in [-0.39, 0.29) is 6.61 Å². The van der Waals surface area contributed by atoms with E-state index in [1.807, 2.05) is 13.0 Å². The molecule has 0 aliphatic heterocycles. The molecule has 0 saturated heterocycles. The largest absolute Gasteiger partial charge is 0.482 e. The minimum absolute atomic E-state index is 0.0516. The van der Waals surface area contributed by atoms with Gasteiger partial charge in [-0.05, 0) is 18.6 Å². The number of hydrogen-bond donors (Lipinski definition) is 1. The summed E-state index contributed by atoms with van der Waals surface area (Å²) in [6.07, 6.45) is 1.28. The predicted octanol–water partition coefficient (Wildman–Crippen LogP) is 3.31. The van der Waals surface area contributed by atoms with Crippen molar-refractivity contribution in [3.05, 3.63) is 78.4 Å². The number of rotatable bonds is 8. The lowest BCUT2D eigenvalue weighted by Crippen LogP contribution is -2.09. The van der Waals surface area contributed by atoms with Crippen LogP contribution in [0.25, 0.3) is 0 Å². The first kappa shape index (κ1) is 23.9. The molecule has 2 rings (SSSR count). The van der Waals surface area contributed by atoms with Crippen molar-refractivity contribution in [1.82, 2.24) is 0 Å². The maximum Gasteiger partial charge on any atom is 0.356 e.